The first kappa shape index (κ1) is 20.0. The van der Waals surface area contributed by atoms with E-state index in [0.29, 0.717) is 12.3 Å². The smallest absolute Gasteiger partial charge is 0.229 e. The van der Waals surface area contributed by atoms with E-state index in [0.717, 1.165) is 51.6 Å². The van der Waals surface area contributed by atoms with E-state index in [1.165, 1.54) is 0 Å². The van der Waals surface area contributed by atoms with Crippen LogP contribution in [0.1, 0.15) is 13.3 Å². The molecule has 0 saturated carbocycles. The molecule has 0 fully saturated rings. The molecule has 30 heavy (non-hydrogen) atoms. The number of anilines is 3. The van der Waals surface area contributed by atoms with E-state index >= 15 is 0 Å². The first-order valence-electron chi connectivity index (χ1n) is 9.74. The zero-order chi connectivity index (χ0) is 21.1. The second kappa shape index (κ2) is 8.20. The van der Waals surface area contributed by atoms with E-state index in [4.69, 9.17) is 9.72 Å². The maximum Gasteiger partial charge on any atom is 0.229 e. The summed E-state index contributed by atoms with van der Waals surface area (Å²) in [5, 5.41) is 5.45. The molecule has 0 aliphatic rings. The lowest BCUT2D eigenvalue weighted by Crippen LogP contribution is -2.09. The second-order valence-corrected chi connectivity index (χ2v) is 8.83. The van der Waals surface area contributed by atoms with E-state index in [1.54, 1.807) is 12.1 Å². The third-order valence-electron chi connectivity index (χ3n) is 4.59. The van der Waals surface area contributed by atoms with Crippen LogP contribution < -0.4 is 14.8 Å². The summed E-state index contributed by atoms with van der Waals surface area (Å²) < 4.78 is 31.3. The third kappa shape index (κ3) is 4.31. The fourth-order valence-electron chi connectivity index (χ4n) is 3.33. The Hall–Kier alpha value is -3.32. The van der Waals surface area contributed by atoms with Gasteiger partial charge in [-0.05, 0) is 42.8 Å². The maximum absolute atomic E-state index is 11.4. The van der Waals surface area contributed by atoms with Gasteiger partial charge in [0, 0.05) is 22.1 Å². The maximum atomic E-state index is 11.4. The van der Waals surface area contributed by atoms with Crippen molar-refractivity contribution in [1.29, 1.82) is 0 Å². The number of nitrogens with one attached hydrogen (secondary N) is 2. The summed E-state index contributed by atoms with van der Waals surface area (Å²) in [7, 11) is -3.31. The lowest BCUT2D eigenvalue weighted by atomic mass is 10.1. The van der Waals surface area contributed by atoms with E-state index in [1.807, 2.05) is 54.6 Å². The van der Waals surface area contributed by atoms with Gasteiger partial charge in [-0.3, -0.25) is 4.72 Å². The largest absolute Gasteiger partial charge is 0.491 e. The number of sulfonamides is 1. The van der Waals surface area contributed by atoms with Crippen LogP contribution >= 0.6 is 0 Å². The highest BCUT2D eigenvalue weighted by atomic mass is 32.2. The van der Waals surface area contributed by atoms with Crippen LogP contribution in [0.15, 0.2) is 66.7 Å². The summed E-state index contributed by atoms with van der Waals surface area (Å²) in [6.07, 6.45) is 2.05. The van der Waals surface area contributed by atoms with Crippen LogP contribution in [0, 0.1) is 0 Å². The Kier molecular flexibility index (Phi) is 5.46. The molecule has 0 bridgehead atoms. The number of aromatic nitrogens is 1. The lowest BCUT2D eigenvalue weighted by molar-refractivity contribution is 0.320. The fraction of sp³-hybridized carbons (Fsp3) is 0.174. The van der Waals surface area contributed by atoms with Crippen molar-refractivity contribution >= 4 is 48.9 Å². The average molecular weight is 422 g/mol. The Labute approximate surface area is 176 Å². The van der Waals surface area contributed by atoms with E-state index in [9.17, 15) is 8.42 Å². The van der Waals surface area contributed by atoms with Gasteiger partial charge in [-0.15, -0.1) is 0 Å². The fourth-order valence-corrected chi connectivity index (χ4v) is 3.89. The number of pyridine rings is 1. The van der Waals surface area contributed by atoms with Gasteiger partial charge < -0.3 is 10.1 Å². The first-order valence-corrected chi connectivity index (χ1v) is 11.6. The molecule has 1 aromatic heterocycles. The van der Waals surface area contributed by atoms with Crippen LogP contribution in [0.3, 0.4) is 0 Å². The van der Waals surface area contributed by atoms with Crippen molar-refractivity contribution in [3.05, 3.63) is 66.7 Å². The number of rotatable bonds is 7. The zero-order valence-corrected chi connectivity index (χ0v) is 17.7. The number of hydrogen-bond acceptors (Lipinski definition) is 5. The molecule has 0 unspecified atom stereocenters. The van der Waals surface area contributed by atoms with Gasteiger partial charge in [0.25, 0.3) is 0 Å². The van der Waals surface area contributed by atoms with Gasteiger partial charge >= 0.3 is 0 Å². The Morgan fingerprint density at radius 3 is 2.33 bits per heavy atom. The van der Waals surface area contributed by atoms with Crippen molar-refractivity contribution in [2.45, 2.75) is 13.3 Å². The molecule has 4 rings (SSSR count). The number of benzene rings is 3. The van der Waals surface area contributed by atoms with Crippen LogP contribution in [0.2, 0.25) is 0 Å². The minimum atomic E-state index is -3.31. The minimum absolute atomic E-state index is 0.516. The first-order chi connectivity index (χ1) is 14.4. The summed E-state index contributed by atoms with van der Waals surface area (Å²) in [5.74, 6) is 0.760. The monoisotopic (exact) mass is 421 g/mol. The van der Waals surface area contributed by atoms with Gasteiger partial charge in [0.1, 0.15) is 11.3 Å². The van der Waals surface area contributed by atoms with Gasteiger partial charge in [0.15, 0.2) is 0 Å². The summed E-state index contributed by atoms with van der Waals surface area (Å²) in [5.41, 5.74) is 3.97. The number of hydrogen-bond donors (Lipinski definition) is 2. The Bertz CT molecular complexity index is 1300. The lowest BCUT2D eigenvalue weighted by Gasteiger charge is -2.16. The van der Waals surface area contributed by atoms with Gasteiger partial charge in [0.2, 0.25) is 10.0 Å². The molecule has 1 heterocycles. The molecule has 0 atom stereocenters. The molecule has 0 spiro atoms. The molecule has 7 heteroatoms. The Balaban J connectivity index is 1.80. The zero-order valence-electron chi connectivity index (χ0n) is 16.8. The highest BCUT2D eigenvalue weighted by Gasteiger charge is 2.13. The van der Waals surface area contributed by atoms with Gasteiger partial charge in [0.05, 0.1) is 24.1 Å². The Morgan fingerprint density at radius 2 is 1.60 bits per heavy atom. The van der Waals surface area contributed by atoms with E-state index in [-0.39, 0.29) is 0 Å². The van der Waals surface area contributed by atoms with E-state index in [2.05, 4.69) is 17.0 Å². The van der Waals surface area contributed by atoms with Crippen LogP contribution in [0.25, 0.3) is 21.8 Å². The van der Waals surface area contributed by atoms with E-state index < -0.39 is 10.0 Å². The molecule has 154 valence electrons. The second-order valence-electron chi connectivity index (χ2n) is 7.08. The molecule has 0 aliphatic heterocycles. The molecule has 2 N–H and O–H groups in total. The van der Waals surface area contributed by atoms with Crippen molar-refractivity contribution in [2.75, 3.05) is 22.9 Å². The topological polar surface area (TPSA) is 80.3 Å². The summed E-state index contributed by atoms with van der Waals surface area (Å²) in [4.78, 5) is 4.85. The predicted molar refractivity (Wildman–Crippen MR) is 123 cm³/mol. The summed E-state index contributed by atoms with van der Waals surface area (Å²) >= 11 is 0. The normalized spacial score (nSPS) is 11.5. The van der Waals surface area contributed by atoms with Crippen molar-refractivity contribution in [1.82, 2.24) is 4.98 Å². The number of nitrogens with zero attached hydrogens (tertiary/aromatic N) is 1. The molecule has 4 aromatic rings. The van der Waals surface area contributed by atoms with Crippen LogP contribution in [0.4, 0.5) is 17.1 Å². The van der Waals surface area contributed by atoms with Gasteiger partial charge in [-0.25, -0.2) is 13.4 Å². The van der Waals surface area contributed by atoms with Gasteiger partial charge in [-0.1, -0.05) is 37.3 Å². The summed E-state index contributed by atoms with van der Waals surface area (Å²) in [6.45, 7) is 2.70. The molecule has 6 nitrogen and oxygen atoms in total. The van der Waals surface area contributed by atoms with Crippen molar-refractivity contribution in [3.63, 3.8) is 0 Å². The summed E-state index contributed by atoms with van der Waals surface area (Å²) in [6, 6.07) is 21.0. The highest BCUT2D eigenvalue weighted by molar-refractivity contribution is 7.92. The van der Waals surface area contributed by atoms with Crippen LogP contribution in [0.5, 0.6) is 5.75 Å². The number of ether oxygens (including phenoxy) is 1. The molecular weight excluding hydrogens is 398 g/mol. The minimum Gasteiger partial charge on any atom is -0.491 e. The number of fused-ring (bicyclic) bond motifs is 2. The van der Waals surface area contributed by atoms with Crippen LogP contribution in [-0.2, 0) is 10.0 Å². The molecule has 0 amide bonds. The third-order valence-corrected chi connectivity index (χ3v) is 5.20. The standard InChI is InChI=1S/C23H23N3O3S/c1-3-15-29-21-10-6-8-19-22(18-7-4-5-9-20(18)25-23(19)21)24-16-11-13-17(14-12-16)26-30(2,27)28/h4-14,26H,3,15H2,1-2H3,(H,24,25). The molecular formula is C23H23N3O3S. The molecule has 0 aliphatic carbocycles. The van der Waals surface area contributed by atoms with Crippen molar-refractivity contribution < 1.29 is 13.2 Å². The molecule has 0 saturated heterocycles. The Morgan fingerprint density at radius 1 is 0.900 bits per heavy atom. The van der Waals surface area contributed by atoms with Crippen molar-refractivity contribution in [2.24, 2.45) is 0 Å². The number of para-hydroxylation sites is 2. The molecule has 0 radical (unpaired) electrons. The van der Waals surface area contributed by atoms with Crippen molar-refractivity contribution in [3.8, 4) is 5.75 Å². The average Bonchev–Trinajstić information content (AvgIpc) is 2.72. The predicted octanol–water partition coefficient (Wildman–Crippen LogP) is 5.29. The SMILES string of the molecule is CCCOc1cccc2c(Nc3ccc(NS(C)(=O)=O)cc3)c3ccccc3nc12. The quantitative estimate of drug-likeness (QED) is 0.396. The van der Waals surface area contributed by atoms with Gasteiger partial charge in [-0.2, -0.15) is 0 Å². The highest BCUT2D eigenvalue weighted by Crippen LogP contribution is 2.36. The molecule has 3 aromatic carbocycles. The van der Waals surface area contributed by atoms with Crippen LogP contribution in [-0.4, -0.2) is 26.3 Å².